The topological polar surface area (TPSA) is 27.6 Å². The molecular weight excluding hydrogens is 194 g/mol. The SMILES string of the molecule is CCC1CSC(NN2CCCCC2)=N1. The molecule has 2 aliphatic rings. The van der Waals surface area contributed by atoms with E-state index < -0.39 is 0 Å². The fourth-order valence-electron chi connectivity index (χ4n) is 1.83. The molecule has 0 aromatic rings. The van der Waals surface area contributed by atoms with Gasteiger partial charge in [-0.3, -0.25) is 10.4 Å². The highest BCUT2D eigenvalue weighted by atomic mass is 32.2. The zero-order chi connectivity index (χ0) is 9.80. The Morgan fingerprint density at radius 1 is 1.43 bits per heavy atom. The summed E-state index contributed by atoms with van der Waals surface area (Å²) in [6, 6.07) is 0.548. The van der Waals surface area contributed by atoms with E-state index in [0.29, 0.717) is 6.04 Å². The third kappa shape index (κ3) is 2.64. The summed E-state index contributed by atoms with van der Waals surface area (Å²) in [4.78, 5) is 4.63. The average Bonchev–Trinajstić information content (AvgIpc) is 2.67. The molecule has 0 aromatic heterocycles. The summed E-state index contributed by atoms with van der Waals surface area (Å²) in [7, 11) is 0. The predicted molar refractivity (Wildman–Crippen MR) is 62.5 cm³/mol. The Bertz CT molecular complexity index is 211. The van der Waals surface area contributed by atoms with E-state index in [-0.39, 0.29) is 0 Å². The summed E-state index contributed by atoms with van der Waals surface area (Å²) in [5, 5.41) is 3.45. The Morgan fingerprint density at radius 2 is 2.21 bits per heavy atom. The fraction of sp³-hybridized carbons (Fsp3) is 0.900. The van der Waals surface area contributed by atoms with Crippen LogP contribution in [-0.2, 0) is 0 Å². The van der Waals surface area contributed by atoms with E-state index in [4.69, 9.17) is 0 Å². The van der Waals surface area contributed by atoms with Crippen molar-refractivity contribution in [2.75, 3.05) is 18.8 Å². The van der Waals surface area contributed by atoms with Gasteiger partial charge >= 0.3 is 0 Å². The largest absolute Gasteiger partial charge is 0.298 e. The van der Waals surface area contributed by atoms with Crippen LogP contribution in [-0.4, -0.2) is 35.1 Å². The lowest BCUT2D eigenvalue weighted by atomic mass is 10.2. The lowest BCUT2D eigenvalue weighted by Crippen LogP contribution is -2.43. The Hall–Kier alpha value is -0.220. The molecule has 0 aliphatic carbocycles. The van der Waals surface area contributed by atoms with E-state index in [1.165, 1.54) is 32.4 Å². The molecular formula is C10H19N3S. The highest BCUT2D eigenvalue weighted by Crippen LogP contribution is 2.19. The zero-order valence-electron chi connectivity index (χ0n) is 8.83. The summed E-state index contributed by atoms with van der Waals surface area (Å²) in [5.74, 6) is 1.16. The summed E-state index contributed by atoms with van der Waals surface area (Å²) in [6.07, 6.45) is 5.19. The molecule has 2 heterocycles. The minimum Gasteiger partial charge on any atom is -0.298 e. The number of hydrogen-bond donors (Lipinski definition) is 1. The maximum absolute atomic E-state index is 4.63. The molecule has 14 heavy (non-hydrogen) atoms. The van der Waals surface area contributed by atoms with Crippen LogP contribution >= 0.6 is 11.8 Å². The molecule has 0 saturated carbocycles. The van der Waals surface area contributed by atoms with Crippen molar-refractivity contribution in [2.24, 2.45) is 4.99 Å². The number of hydrazine groups is 1. The van der Waals surface area contributed by atoms with Gasteiger partial charge in [0.05, 0.1) is 6.04 Å². The van der Waals surface area contributed by atoms with Crippen LogP contribution < -0.4 is 5.43 Å². The first kappa shape index (κ1) is 10.3. The fourth-order valence-corrected chi connectivity index (χ4v) is 2.90. The lowest BCUT2D eigenvalue weighted by Gasteiger charge is -2.27. The number of nitrogens with one attached hydrogen (secondary N) is 1. The molecule has 2 aliphatic heterocycles. The Labute approximate surface area is 90.3 Å². The molecule has 1 atom stereocenters. The van der Waals surface area contributed by atoms with Gasteiger partial charge in [0, 0.05) is 18.8 Å². The van der Waals surface area contributed by atoms with Crippen molar-refractivity contribution in [3.05, 3.63) is 0 Å². The first-order chi connectivity index (χ1) is 6.88. The summed E-state index contributed by atoms with van der Waals surface area (Å²) in [6.45, 7) is 4.56. The van der Waals surface area contributed by atoms with E-state index in [2.05, 4.69) is 22.4 Å². The van der Waals surface area contributed by atoms with Crippen molar-refractivity contribution in [3.8, 4) is 0 Å². The Kier molecular flexibility index (Phi) is 3.70. The van der Waals surface area contributed by atoms with Crippen molar-refractivity contribution in [2.45, 2.75) is 38.6 Å². The quantitative estimate of drug-likeness (QED) is 0.758. The van der Waals surface area contributed by atoms with Crippen LogP contribution in [0.15, 0.2) is 4.99 Å². The maximum Gasteiger partial charge on any atom is 0.171 e. The van der Waals surface area contributed by atoms with Crippen molar-refractivity contribution in [1.82, 2.24) is 10.4 Å². The number of amidine groups is 1. The molecule has 1 saturated heterocycles. The first-order valence-electron chi connectivity index (χ1n) is 5.60. The molecule has 0 aromatic carbocycles. The summed E-state index contributed by atoms with van der Waals surface area (Å²) >= 11 is 1.87. The molecule has 1 fully saturated rings. The number of rotatable bonds is 2. The molecule has 4 heteroatoms. The van der Waals surface area contributed by atoms with Crippen LogP contribution in [0.2, 0.25) is 0 Å². The number of hydrogen-bond acceptors (Lipinski definition) is 4. The van der Waals surface area contributed by atoms with Gasteiger partial charge in [-0.25, -0.2) is 5.01 Å². The second kappa shape index (κ2) is 5.03. The number of aliphatic imine (C=N–C) groups is 1. The number of piperidine rings is 1. The van der Waals surface area contributed by atoms with Crippen LogP contribution in [0, 0.1) is 0 Å². The lowest BCUT2D eigenvalue weighted by molar-refractivity contribution is 0.196. The predicted octanol–water partition coefficient (Wildman–Crippen LogP) is 1.86. The Balaban J connectivity index is 1.79. The maximum atomic E-state index is 4.63. The van der Waals surface area contributed by atoms with Crippen LogP contribution in [0.4, 0.5) is 0 Å². The molecule has 2 rings (SSSR count). The smallest absolute Gasteiger partial charge is 0.171 e. The van der Waals surface area contributed by atoms with Gasteiger partial charge in [-0.15, -0.1) is 0 Å². The van der Waals surface area contributed by atoms with Crippen molar-refractivity contribution in [1.29, 1.82) is 0 Å². The standard InChI is InChI=1S/C10H19N3S/c1-2-9-8-14-10(11-9)12-13-6-4-3-5-7-13/h9H,2-8H2,1H3,(H,11,12). The first-order valence-corrected chi connectivity index (χ1v) is 6.59. The van der Waals surface area contributed by atoms with Crippen molar-refractivity contribution >= 4 is 16.9 Å². The van der Waals surface area contributed by atoms with Crippen LogP contribution in [0.25, 0.3) is 0 Å². The number of nitrogens with zero attached hydrogens (tertiary/aromatic N) is 2. The van der Waals surface area contributed by atoms with Crippen LogP contribution in [0.3, 0.4) is 0 Å². The van der Waals surface area contributed by atoms with Crippen molar-refractivity contribution < 1.29 is 0 Å². The van der Waals surface area contributed by atoms with Gasteiger partial charge in [0.2, 0.25) is 0 Å². The summed E-state index contributed by atoms with van der Waals surface area (Å²) < 4.78 is 0. The van der Waals surface area contributed by atoms with E-state index in [9.17, 15) is 0 Å². The van der Waals surface area contributed by atoms with Gasteiger partial charge in [0.15, 0.2) is 5.17 Å². The second-order valence-corrected chi connectivity index (χ2v) is 4.98. The molecule has 0 radical (unpaired) electrons. The average molecular weight is 213 g/mol. The molecule has 1 N–H and O–H groups in total. The Morgan fingerprint density at radius 3 is 2.86 bits per heavy atom. The monoisotopic (exact) mass is 213 g/mol. The third-order valence-corrected chi connectivity index (χ3v) is 3.81. The molecule has 0 spiro atoms. The number of thioether (sulfide) groups is 1. The van der Waals surface area contributed by atoms with E-state index in [1.54, 1.807) is 0 Å². The van der Waals surface area contributed by atoms with Gasteiger partial charge < -0.3 is 0 Å². The van der Waals surface area contributed by atoms with E-state index in [0.717, 1.165) is 17.3 Å². The molecule has 80 valence electrons. The highest BCUT2D eigenvalue weighted by molar-refractivity contribution is 8.14. The normalized spacial score (nSPS) is 28.9. The second-order valence-electron chi connectivity index (χ2n) is 3.97. The molecule has 3 nitrogen and oxygen atoms in total. The zero-order valence-corrected chi connectivity index (χ0v) is 9.65. The van der Waals surface area contributed by atoms with E-state index in [1.807, 2.05) is 11.8 Å². The highest BCUT2D eigenvalue weighted by Gasteiger charge is 2.18. The molecule has 0 amide bonds. The van der Waals surface area contributed by atoms with Gasteiger partial charge in [0.25, 0.3) is 0 Å². The minimum absolute atomic E-state index is 0.548. The van der Waals surface area contributed by atoms with Gasteiger partial charge in [-0.1, -0.05) is 25.1 Å². The van der Waals surface area contributed by atoms with Crippen LogP contribution in [0.1, 0.15) is 32.6 Å². The van der Waals surface area contributed by atoms with Gasteiger partial charge in [-0.05, 0) is 19.3 Å². The summed E-state index contributed by atoms with van der Waals surface area (Å²) in [5.41, 5.74) is 3.43. The van der Waals surface area contributed by atoms with Gasteiger partial charge in [0.1, 0.15) is 0 Å². The molecule has 0 bridgehead atoms. The molecule has 1 unspecified atom stereocenters. The van der Waals surface area contributed by atoms with Gasteiger partial charge in [-0.2, -0.15) is 0 Å². The van der Waals surface area contributed by atoms with Crippen molar-refractivity contribution in [3.63, 3.8) is 0 Å². The third-order valence-electron chi connectivity index (χ3n) is 2.79. The minimum atomic E-state index is 0.548. The van der Waals surface area contributed by atoms with Crippen LogP contribution in [0.5, 0.6) is 0 Å². The van der Waals surface area contributed by atoms with E-state index >= 15 is 0 Å².